The molecule has 2 spiro atoms. The molecule has 0 amide bonds. The van der Waals surface area contributed by atoms with Crippen LogP contribution in [0.25, 0.3) is 0 Å². The zero-order chi connectivity index (χ0) is 38.1. The van der Waals surface area contributed by atoms with Crippen molar-refractivity contribution < 1.29 is 54.4 Å². The number of allylic oxidation sites excluding steroid dienone is 2. The van der Waals surface area contributed by atoms with Crippen molar-refractivity contribution >= 4 is 5.97 Å². The van der Waals surface area contributed by atoms with Gasteiger partial charge in [0.15, 0.2) is 5.60 Å². The zero-order valence-corrected chi connectivity index (χ0v) is 30.5. The molecule has 12 atom stereocenters. The number of ether oxygens (including phenoxy) is 4. The Labute approximate surface area is 316 Å². The normalized spacial score (nSPS) is 38.4. The van der Waals surface area contributed by atoms with Crippen LogP contribution in [-0.2, 0) is 27.1 Å². The number of hydrogen-bond donors (Lipinski definition) is 6. The molecule has 6 N–H and O–H groups in total. The predicted octanol–water partition coefficient (Wildman–Crippen LogP) is 4.28. The van der Waals surface area contributed by atoms with Crippen molar-refractivity contribution in [2.24, 2.45) is 23.2 Å². The van der Waals surface area contributed by atoms with E-state index in [0.29, 0.717) is 50.7 Å². The first-order chi connectivity index (χ1) is 26.0. The van der Waals surface area contributed by atoms with Crippen LogP contribution in [-0.4, -0.2) is 91.2 Å². The molecule has 0 aromatic heterocycles. The molecule has 4 heterocycles. The lowest BCUT2D eigenvalue weighted by Gasteiger charge is -2.54. The van der Waals surface area contributed by atoms with E-state index >= 15 is 0 Å². The number of carboxylic acids is 1. The molecule has 1 saturated heterocycles. The third kappa shape index (κ3) is 7.40. The maximum Gasteiger partial charge on any atom is 0.335 e. The van der Waals surface area contributed by atoms with Gasteiger partial charge in [-0.2, -0.15) is 0 Å². The molecule has 290 valence electrons. The Morgan fingerprint density at radius 2 is 1.81 bits per heavy atom. The van der Waals surface area contributed by atoms with Gasteiger partial charge in [-0.15, -0.1) is 6.58 Å². The number of carbonyl (C=O) groups is 1. The minimum Gasteiger partial charge on any atom is -0.486 e. The standard InChI is InChI=1S/C43H52O11/c1-2-5-27-10-14-32(15-11-27)53-40-43-25-33(34(45)6-4-20-51-35(7-3-19-44)37(54-40)36(46)38(43)47)41(18-21-52-43)17-16-31-23-29(24-42(31,50)26-41)22-28-8-12-30(13-9-28)39(48)49/h2,8-15,18,21,29,31,33-38,40,44-47,50H,1,3,5-7,16-17,19,22-26H2,(H,48,49). The van der Waals surface area contributed by atoms with E-state index in [2.05, 4.69) is 18.6 Å². The third-order valence-corrected chi connectivity index (χ3v) is 12.8. The molecule has 54 heavy (non-hydrogen) atoms. The molecule has 11 heteroatoms. The highest BCUT2D eigenvalue weighted by atomic mass is 16.7. The maximum absolute atomic E-state index is 12.5. The average Bonchev–Trinajstić information content (AvgIpc) is 3.38. The fourth-order valence-electron chi connectivity index (χ4n) is 10.0. The number of rotatable bonds is 10. The van der Waals surface area contributed by atoms with Crippen LogP contribution in [0.5, 0.6) is 5.75 Å². The number of benzene rings is 2. The molecule has 6 aliphatic rings. The van der Waals surface area contributed by atoms with Gasteiger partial charge in [0.2, 0.25) is 6.29 Å². The highest BCUT2D eigenvalue weighted by Gasteiger charge is 2.65. The van der Waals surface area contributed by atoms with E-state index in [4.69, 9.17) is 18.9 Å². The zero-order valence-electron chi connectivity index (χ0n) is 30.5. The first kappa shape index (κ1) is 38.4. The van der Waals surface area contributed by atoms with Crippen molar-refractivity contribution in [1.82, 2.24) is 0 Å². The second kappa shape index (κ2) is 15.7. The summed E-state index contributed by atoms with van der Waals surface area (Å²) in [6.07, 6.45) is 5.84. The number of fused-ring (bicyclic) bond motifs is 7. The quantitative estimate of drug-likeness (QED) is 0.151. The molecule has 3 fully saturated rings. The molecule has 0 radical (unpaired) electrons. The Kier molecular flexibility index (Phi) is 11.2. The van der Waals surface area contributed by atoms with Crippen LogP contribution in [0.3, 0.4) is 0 Å². The van der Waals surface area contributed by atoms with Gasteiger partial charge in [-0.3, -0.25) is 0 Å². The predicted molar refractivity (Wildman–Crippen MR) is 197 cm³/mol. The number of hydrogen-bond acceptors (Lipinski definition) is 10. The number of aliphatic hydroxyl groups excluding tert-OH is 4. The molecule has 2 aliphatic carbocycles. The van der Waals surface area contributed by atoms with Gasteiger partial charge in [-0.1, -0.05) is 36.3 Å². The van der Waals surface area contributed by atoms with Crippen molar-refractivity contribution in [2.45, 2.75) is 119 Å². The van der Waals surface area contributed by atoms with E-state index < -0.39 is 65.3 Å². The summed E-state index contributed by atoms with van der Waals surface area (Å²) in [7, 11) is 0. The Morgan fingerprint density at radius 3 is 2.54 bits per heavy atom. The minimum atomic E-state index is -1.69. The van der Waals surface area contributed by atoms with E-state index in [-0.39, 0.29) is 43.3 Å². The molecule has 2 aromatic carbocycles. The summed E-state index contributed by atoms with van der Waals surface area (Å²) in [5, 5.41) is 67.4. The van der Waals surface area contributed by atoms with Crippen molar-refractivity contribution in [1.29, 1.82) is 0 Å². The second-order valence-corrected chi connectivity index (χ2v) is 16.1. The SMILES string of the molecule is C=CCc1ccc(OC2OC3C(CCCO)OC#CCC(O)C4CC2(OC=CC42CCC4CC(Cc5ccc(C(=O)O)cc5)CC4(O)C2)C(O)C3O)cc1. The van der Waals surface area contributed by atoms with E-state index in [9.17, 15) is 35.4 Å². The summed E-state index contributed by atoms with van der Waals surface area (Å²) < 4.78 is 25.6. The van der Waals surface area contributed by atoms with Gasteiger partial charge >= 0.3 is 5.97 Å². The van der Waals surface area contributed by atoms with Crippen molar-refractivity contribution in [3.63, 3.8) is 0 Å². The second-order valence-electron chi connectivity index (χ2n) is 16.1. The van der Waals surface area contributed by atoms with E-state index in [1.807, 2.05) is 30.3 Å². The van der Waals surface area contributed by atoms with Crippen LogP contribution in [0.2, 0.25) is 0 Å². The summed E-state index contributed by atoms with van der Waals surface area (Å²) in [5.41, 5.74) is -1.21. The van der Waals surface area contributed by atoms with Crippen LogP contribution in [0, 0.1) is 35.2 Å². The monoisotopic (exact) mass is 744 g/mol. The first-order valence-electron chi connectivity index (χ1n) is 19.2. The fourth-order valence-corrected chi connectivity index (χ4v) is 10.0. The van der Waals surface area contributed by atoms with Crippen molar-refractivity contribution in [3.05, 3.63) is 90.2 Å². The Morgan fingerprint density at radius 1 is 1.06 bits per heavy atom. The lowest BCUT2D eigenvalue weighted by atomic mass is 9.55. The summed E-state index contributed by atoms with van der Waals surface area (Å²) >= 11 is 0. The van der Waals surface area contributed by atoms with Gasteiger partial charge in [-0.25, -0.2) is 4.79 Å². The highest BCUT2D eigenvalue weighted by molar-refractivity contribution is 5.87. The van der Waals surface area contributed by atoms with Crippen molar-refractivity contribution in [3.8, 4) is 17.8 Å². The summed E-state index contributed by atoms with van der Waals surface area (Å²) in [6.45, 7) is 3.69. The summed E-state index contributed by atoms with van der Waals surface area (Å²) in [4.78, 5) is 11.4. The summed E-state index contributed by atoms with van der Waals surface area (Å²) in [6, 6.07) is 14.3. The first-order valence-corrected chi connectivity index (χ1v) is 19.2. The van der Waals surface area contributed by atoms with Crippen molar-refractivity contribution in [2.75, 3.05) is 6.61 Å². The highest BCUT2D eigenvalue weighted by Crippen LogP contribution is 2.61. The lowest BCUT2D eigenvalue weighted by molar-refractivity contribution is -0.334. The van der Waals surface area contributed by atoms with Gasteiger partial charge in [0.25, 0.3) is 0 Å². The minimum absolute atomic E-state index is 0.0231. The largest absolute Gasteiger partial charge is 0.486 e. The molecule has 11 nitrogen and oxygen atoms in total. The smallest absolute Gasteiger partial charge is 0.335 e. The van der Waals surface area contributed by atoms with Crippen LogP contribution in [0.4, 0.5) is 0 Å². The molecule has 3 bridgehead atoms. The molecule has 8 rings (SSSR count). The molecule has 2 saturated carbocycles. The molecule has 2 aromatic rings. The van der Waals surface area contributed by atoms with Gasteiger partial charge in [-0.05, 0) is 122 Å². The molecular weight excluding hydrogens is 692 g/mol. The van der Waals surface area contributed by atoms with Gasteiger partial charge in [0.1, 0.15) is 36.3 Å². The Bertz CT molecular complexity index is 1730. The van der Waals surface area contributed by atoms with Gasteiger partial charge in [0, 0.05) is 19.4 Å². The topological polar surface area (TPSA) is 175 Å². The number of carboxylic acid groups (broad SMARTS) is 1. The molecule has 12 unspecified atom stereocenters. The Balaban J connectivity index is 1.22. The van der Waals surface area contributed by atoms with E-state index in [0.717, 1.165) is 17.5 Å². The van der Waals surface area contributed by atoms with E-state index in [1.165, 1.54) is 6.26 Å². The van der Waals surface area contributed by atoms with Crippen LogP contribution in [0.1, 0.15) is 79.3 Å². The number of aliphatic hydroxyl groups is 5. The number of aromatic carboxylic acids is 1. The molecule has 4 aliphatic heterocycles. The Hall–Kier alpha value is -3.89. The van der Waals surface area contributed by atoms with Gasteiger partial charge < -0.3 is 49.6 Å². The summed E-state index contributed by atoms with van der Waals surface area (Å²) in [5.74, 6) is 2.06. The maximum atomic E-state index is 12.5. The van der Waals surface area contributed by atoms with E-state index in [1.54, 1.807) is 30.3 Å². The average molecular weight is 745 g/mol. The third-order valence-electron chi connectivity index (χ3n) is 12.8. The lowest BCUT2D eigenvalue weighted by Crippen LogP contribution is -2.70. The fraction of sp³-hybridized carbons (Fsp3) is 0.558. The van der Waals surface area contributed by atoms with Gasteiger partial charge in [0.05, 0.1) is 23.5 Å². The van der Waals surface area contributed by atoms with Crippen LogP contribution < -0.4 is 4.74 Å². The molecular formula is C43H52O11. The van der Waals surface area contributed by atoms with Crippen LogP contribution >= 0.6 is 0 Å². The van der Waals surface area contributed by atoms with Crippen LogP contribution in [0.15, 0.2) is 73.5 Å².